The van der Waals surface area contributed by atoms with Crippen LogP contribution in [0, 0.1) is 13.8 Å². The van der Waals surface area contributed by atoms with Gasteiger partial charge in [0.15, 0.2) is 0 Å². The van der Waals surface area contributed by atoms with Crippen LogP contribution in [0.2, 0.25) is 0 Å². The summed E-state index contributed by atoms with van der Waals surface area (Å²) in [6.07, 6.45) is 1.06. The Bertz CT molecular complexity index is 1050. The highest BCUT2D eigenvalue weighted by Crippen LogP contribution is 2.22. The molecule has 2 amide bonds. The lowest BCUT2D eigenvalue weighted by Gasteiger charge is -2.31. The molecule has 32 heavy (non-hydrogen) atoms. The molecule has 2 aromatic rings. The Morgan fingerprint density at radius 2 is 1.62 bits per heavy atom. The van der Waals surface area contributed by atoms with Crippen LogP contribution in [-0.2, 0) is 26.2 Å². The van der Waals surface area contributed by atoms with E-state index in [0.29, 0.717) is 11.4 Å². The lowest BCUT2D eigenvalue weighted by atomic mass is 10.1. The van der Waals surface area contributed by atoms with Crippen LogP contribution in [0.4, 0.5) is 5.69 Å². The molecule has 0 radical (unpaired) electrons. The zero-order valence-electron chi connectivity index (χ0n) is 19.4. The number of amides is 2. The van der Waals surface area contributed by atoms with E-state index in [4.69, 9.17) is 4.74 Å². The number of nitrogens with one attached hydrogen (secondary N) is 1. The SMILES string of the molecule is CNC(=O)[C@H](C)N(Cc1ccc(OC)cc1)C(=O)CN(c1cc(C)cc(C)c1)S(C)(=O)=O. The van der Waals surface area contributed by atoms with Gasteiger partial charge in [-0.25, -0.2) is 8.42 Å². The maximum Gasteiger partial charge on any atom is 0.244 e. The van der Waals surface area contributed by atoms with E-state index in [-0.39, 0.29) is 12.5 Å². The number of aryl methyl sites for hydroxylation is 2. The van der Waals surface area contributed by atoms with Crippen molar-refractivity contribution in [1.29, 1.82) is 0 Å². The first-order chi connectivity index (χ1) is 15.0. The lowest BCUT2D eigenvalue weighted by Crippen LogP contribution is -2.50. The largest absolute Gasteiger partial charge is 0.497 e. The predicted octanol–water partition coefficient (Wildman–Crippen LogP) is 2.24. The molecule has 0 saturated carbocycles. The van der Waals surface area contributed by atoms with E-state index in [9.17, 15) is 18.0 Å². The third-order valence-electron chi connectivity index (χ3n) is 5.10. The molecular weight excluding hydrogens is 430 g/mol. The van der Waals surface area contributed by atoms with Gasteiger partial charge < -0.3 is 15.0 Å². The number of benzene rings is 2. The number of anilines is 1. The second-order valence-electron chi connectivity index (χ2n) is 7.78. The highest BCUT2D eigenvalue weighted by Gasteiger charge is 2.29. The molecule has 0 aliphatic rings. The predicted molar refractivity (Wildman–Crippen MR) is 125 cm³/mol. The minimum atomic E-state index is -3.74. The van der Waals surface area contributed by atoms with Crippen LogP contribution in [0.3, 0.4) is 0 Å². The number of rotatable bonds is 9. The Labute approximate surface area is 190 Å². The molecule has 174 valence electrons. The van der Waals surface area contributed by atoms with E-state index in [1.807, 2.05) is 19.9 Å². The van der Waals surface area contributed by atoms with Crippen molar-refractivity contribution < 1.29 is 22.7 Å². The smallest absolute Gasteiger partial charge is 0.244 e. The molecule has 0 aromatic heterocycles. The standard InChI is InChI=1S/C23H31N3O5S/c1-16-11-17(2)13-20(12-16)26(32(6,29)30)15-22(27)25(18(3)23(28)24-4)14-19-7-9-21(31-5)10-8-19/h7-13,18H,14-15H2,1-6H3,(H,24,28)/t18-/m0/s1. The van der Waals surface area contributed by atoms with E-state index < -0.39 is 28.5 Å². The van der Waals surface area contributed by atoms with Crippen molar-refractivity contribution in [2.75, 3.05) is 31.3 Å². The summed E-state index contributed by atoms with van der Waals surface area (Å²) >= 11 is 0. The van der Waals surface area contributed by atoms with Gasteiger partial charge in [-0.15, -0.1) is 0 Å². The minimum Gasteiger partial charge on any atom is -0.497 e. The van der Waals surface area contributed by atoms with E-state index in [1.54, 1.807) is 50.4 Å². The maximum atomic E-state index is 13.3. The number of carbonyl (C=O) groups is 2. The summed E-state index contributed by atoms with van der Waals surface area (Å²) in [4.78, 5) is 27.1. The highest BCUT2D eigenvalue weighted by atomic mass is 32.2. The van der Waals surface area contributed by atoms with Gasteiger partial charge in [0.25, 0.3) is 0 Å². The molecule has 2 aromatic carbocycles. The number of sulfonamides is 1. The van der Waals surface area contributed by atoms with Gasteiger partial charge in [-0.2, -0.15) is 0 Å². The van der Waals surface area contributed by atoms with E-state index in [1.165, 1.54) is 11.9 Å². The minimum absolute atomic E-state index is 0.141. The van der Waals surface area contributed by atoms with E-state index in [2.05, 4.69) is 5.32 Å². The summed E-state index contributed by atoms with van der Waals surface area (Å²) in [6.45, 7) is 5.06. The zero-order valence-corrected chi connectivity index (χ0v) is 20.2. The molecule has 0 heterocycles. The van der Waals surface area contributed by atoms with Gasteiger partial charge in [0.2, 0.25) is 21.8 Å². The average molecular weight is 462 g/mol. The van der Waals surface area contributed by atoms with Gasteiger partial charge in [0.05, 0.1) is 19.1 Å². The zero-order chi connectivity index (χ0) is 24.1. The normalized spacial score (nSPS) is 12.1. The number of methoxy groups -OCH3 is 1. The maximum absolute atomic E-state index is 13.3. The monoisotopic (exact) mass is 461 g/mol. The molecule has 0 bridgehead atoms. The van der Waals surface area contributed by atoms with E-state index >= 15 is 0 Å². The first kappa shape index (κ1) is 25.2. The average Bonchev–Trinajstić information content (AvgIpc) is 2.73. The number of hydrogen-bond acceptors (Lipinski definition) is 5. The summed E-state index contributed by atoms with van der Waals surface area (Å²) in [5.74, 6) is -0.158. The van der Waals surface area contributed by atoms with Crippen LogP contribution < -0.4 is 14.4 Å². The van der Waals surface area contributed by atoms with Gasteiger partial charge in [0, 0.05) is 13.6 Å². The third-order valence-corrected chi connectivity index (χ3v) is 6.24. The molecule has 0 unspecified atom stereocenters. The lowest BCUT2D eigenvalue weighted by molar-refractivity contribution is -0.139. The fourth-order valence-electron chi connectivity index (χ4n) is 3.43. The molecule has 9 heteroatoms. The number of hydrogen-bond donors (Lipinski definition) is 1. The number of likely N-dealkylation sites (N-methyl/N-ethyl adjacent to an activating group) is 1. The number of carbonyl (C=O) groups excluding carboxylic acids is 2. The summed E-state index contributed by atoms with van der Waals surface area (Å²) in [7, 11) is -0.691. The van der Waals surface area contributed by atoms with E-state index in [0.717, 1.165) is 27.3 Å². The molecule has 2 rings (SSSR count). The molecule has 0 aliphatic heterocycles. The third kappa shape index (κ3) is 6.46. The Balaban J connectivity index is 2.39. The van der Waals surface area contributed by atoms with Crippen molar-refractivity contribution in [3.63, 3.8) is 0 Å². The Morgan fingerprint density at radius 1 is 1.06 bits per heavy atom. The molecular formula is C23H31N3O5S. The van der Waals surface area contributed by atoms with Gasteiger partial charge in [0.1, 0.15) is 18.3 Å². The summed E-state index contributed by atoms with van der Waals surface area (Å²) in [5, 5.41) is 2.55. The molecule has 0 fully saturated rings. The van der Waals surface area contributed by atoms with Gasteiger partial charge in [-0.3, -0.25) is 13.9 Å². The fourth-order valence-corrected chi connectivity index (χ4v) is 4.26. The molecule has 8 nitrogen and oxygen atoms in total. The molecule has 0 saturated heterocycles. The first-order valence-electron chi connectivity index (χ1n) is 10.2. The fraction of sp³-hybridized carbons (Fsp3) is 0.391. The molecule has 1 N–H and O–H groups in total. The summed E-state index contributed by atoms with van der Waals surface area (Å²) < 4.78 is 31.4. The Morgan fingerprint density at radius 3 is 2.09 bits per heavy atom. The van der Waals surface area contributed by atoms with Crippen molar-refractivity contribution >= 4 is 27.5 Å². The second-order valence-corrected chi connectivity index (χ2v) is 9.68. The topological polar surface area (TPSA) is 96.0 Å². The first-order valence-corrected chi connectivity index (χ1v) is 12.0. The summed E-state index contributed by atoms with van der Waals surface area (Å²) in [5.41, 5.74) is 2.97. The Hall–Kier alpha value is -3.07. The number of ether oxygens (including phenoxy) is 1. The van der Waals surface area contributed by atoms with Crippen LogP contribution in [0.5, 0.6) is 5.75 Å². The Kier molecular flexibility index (Phi) is 8.26. The van der Waals surface area contributed by atoms with Crippen LogP contribution in [0.15, 0.2) is 42.5 Å². The van der Waals surface area contributed by atoms with Crippen molar-refractivity contribution in [3.8, 4) is 5.75 Å². The molecule has 0 spiro atoms. The number of nitrogens with zero attached hydrogens (tertiary/aromatic N) is 2. The van der Waals surface area contributed by atoms with Crippen LogP contribution in [-0.4, -0.2) is 58.1 Å². The van der Waals surface area contributed by atoms with Gasteiger partial charge >= 0.3 is 0 Å². The van der Waals surface area contributed by atoms with Crippen molar-refractivity contribution in [3.05, 3.63) is 59.2 Å². The van der Waals surface area contributed by atoms with Gasteiger partial charge in [-0.05, 0) is 61.7 Å². The summed E-state index contributed by atoms with van der Waals surface area (Å²) in [6, 6.07) is 11.7. The van der Waals surface area contributed by atoms with Crippen molar-refractivity contribution in [2.45, 2.75) is 33.4 Å². The molecule has 0 aliphatic carbocycles. The molecule has 1 atom stereocenters. The van der Waals surface area contributed by atoms with Crippen LogP contribution in [0.1, 0.15) is 23.6 Å². The van der Waals surface area contributed by atoms with Crippen LogP contribution in [0.25, 0.3) is 0 Å². The van der Waals surface area contributed by atoms with Crippen molar-refractivity contribution in [1.82, 2.24) is 10.2 Å². The quantitative estimate of drug-likeness (QED) is 0.618. The van der Waals surface area contributed by atoms with Crippen molar-refractivity contribution in [2.24, 2.45) is 0 Å². The van der Waals surface area contributed by atoms with Crippen LogP contribution >= 0.6 is 0 Å². The second kappa shape index (κ2) is 10.5. The highest BCUT2D eigenvalue weighted by molar-refractivity contribution is 7.92. The van der Waals surface area contributed by atoms with Gasteiger partial charge in [-0.1, -0.05) is 18.2 Å².